The molecule has 0 aromatic carbocycles. The molecule has 0 fully saturated rings. The fourth-order valence-corrected chi connectivity index (χ4v) is 1.55. The van der Waals surface area contributed by atoms with Crippen LogP contribution in [-0.4, -0.2) is 41.0 Å². The summed E-state index contributed by atoms with van der Waals surface area (Å²) in [4.78, 5) is 10.9. The summed E-state index contributed by atoms with van der Waals surface area (Å²) in [5, 5.41) is 16.1. The SMILES string of the molecule is COCCNc1ccc2c(C(=O)O)cnn2c1. The van der Waals surface area contributed by atoms with Crippen molar-refractivity contribution in [1.82, 2.24) is 9.61 Å². The zero-order chi connectivity index (χ0) is 12.3. The van der Waals surface area contributed by atoms with Gasteiger partial charge in [0, 0.05) is 13.7 Å². The zero-order valence-electron chi connectivity index (χ0n) is 9.38. The first kappa shape index (κ1) is 11.4. The second kappa shape index (κ2) is 4.84. The first-order chi connectivity index (χ1) is 8.22. The van der Waals surface area contributed by atoms with E-state index < -0.39 is 5.97 Å². The van der Waals surface area contributed by atoms with E-state index in [1.807, 2.05) is 6.07 Å². The van der Waals surface area contributed by atoms with Crippen LogP contribution in [-0.2, 0) is 4.74 Å². The van der Waals surface area contributed by atoms with E-state index in [0.717, 1.165) is 5.69 Å². The molecule has 0 aliphatic carbocycles. The molecule has 2 rings (SSSR count). The molecule has 0 aliphatic heterocycles. The summed E-state index contributed by atoms with van der Waals surface area (Å²) in [6.45, 7) is 1.30. The molecule has 6 nitrogen and oxygen atoms in total. The number of carbonyl (C=O) groups is 1. The van der Waals surface area contributed by atoms with E-state index in [2.05, 4.69) is 10.4 Å². The zero-order valence-corrected chi connectivity index (χ0v) is 9.38. The molecule has 2 aromatic heterocycles. The number of aromatic carboxylic acids is 1. The molecule has 0 spiro atoms. The Bertz CT molecular complexity index is 536. The van der Waals surface area contributed by atoms with Crippen LogP contribution in [0.4, 0.5) is 5.69 Å². The number of carboxylic acid groups (broad SMARTS) is 1. The number of rotatable bonds is 5. The van der Waals surface area contributed by atoms with Crippen molar-refractivity contribution in [3.05, 3.63) is 30.1 Å². The highest BCUT2D eigenvalue weighted by molar-refractivity contribution is 5.95. The van der Waals surface area contributed by atoms with Gasteiger partial charge in [-0.05, 0) is 12.1 Å². The Morgan fingerprint density at radius 1 is 1.59 bits per heavy atom. The fourth-order valence-electron chi connectivity index (χ4n) is 1.55. The van der Waals surface area contributed by atoms with Crippen molar-refractivity contribution in [2.45, 2.75) is 0 Å². The van der Waals surface area contributed by atoms with Crippen LogP contribution >= 0.6 is 0 Å². The lowest BCUT2D eigenvalue weighted by molar-refractivity contribution is 0.0699. The van der Waals surface area contributed by atoms with Gasteiger partial charge in [-0.1, -0.05) is 0 Å². The first-order valence-corrected chi connectivity index (χ1v) is 5.16. The summed E-state index contributed by atoms with van der Waals surface area (Å²) >= 11 is 0. The monoisotopic (exact) mass is 235 g/mol. The second-order valence-electron chi connectivity index (χ2n) is 3.53. The van der Waals surface area contributed by atoms with Crippen LogP contribution in [0.25, 0.3) is 5.52 Å². The second-order valence-corrected chi connectivity index (χ2v) is 3.53. The van der Waals surface area contributed by atoms with Gasteiger partial charge in [0.15, 0.2) is 0 Å². The highest BCUT2D eigenvalue weighted by Crippen LogP contribution is 2.14. The van der Waals surface area contributed by atoms with Gasteiger partial charge < -0.3 is 15.2 Å². The lowest BCUT2D eigenvalue weighted by Gasteiger charge is -2.05. The molecule has 6 heteroatoms. The Labute approximate surface area is 97.8 Å². The van der Waals surface area contributed by atoms with Gasteiger partial charge in [0.25, 0.3) is 0 Å². The van der Waals surface area contributed by atoms with E-state index in [-0.39, 0.29) is 5.56 Å². The number of nitrogens with zero attached hydrogens (tertiary/aromatic N) is 2. The number of anilines is 1. The maximum atomic E-state index is 10.9. The molecule has 0 amide bonds. The average molecular weight is 235 g/mol. The third-order valence-electron chi connectivity index (χ3n) is 2.38. The van der Waals surface area contributed by atoms with Gasteiger partial charge in [0.05, 0.1) is 30.2 Å². The molecular formula is C11H13N3O3. The van der Waals surface area contributed by atoms with Crippen LogP contribution in [0, 0.1) is 0 Å². The largest absolute Gasteiger partial charge is 0.478 e. The molecule has 0 saturated carbocycles. The van der Waals surface area contributed by atoms with Gasteiger partial charge >= 0.3 is 5.97 Å². The Morgan fingerprint density at radius 3 is 3.12 bits per heavy atom. The molecule has 90 valence electrons. The summed E-state index contributed by atoms with van der Waals surface area (Å²) in [5.74, 6) is -0.972. The summed E-state index contributed by atoms with van der Waals surface area (Å²) in [6, 6.07) is 3.55. The van der Waals surface area contributed by atoms with E-state index in [0.29, 0.717) is 18.7 Å². The third-order valence-corrected chi connectivity index (χ3v) is 2.38. The first-order valence-electron chi connectivity index (χ1n) is 5.16. The van der Waals surface area contributed by atoms with E-state index in [4.69, 9.17) is 9.84 Å². The quantitative estimate of drug-likeness (QED) is 0.759. The van der Waals surface area contributed by atoms with Crippen LogP contribution in [0.3, 0.4) is 0 Å². The van der Waals surface area contributed by atoms with Gasteiger partial charge in [-0.15, -0.1) is 0 Å². The van der Waals surface area contributed by atoms with Crippen molar-refractivity contribution in [2.75, 3.05) is 25.6 Å². The predicted octanol–water partition coefficient (Wildman–Crippen LogP) is 1.09. The van der Waals surface area contributed by atoms with Crippen LogP contribution < -0.4 is 5.32 Å². The number of pyridine rings is 1. The smallest absolute Gasteiger partial charge is 0.339 e. The van der Waals surface area contributed by atoms with Crippen molar-refractivity contribution in [2.24, 2.45) is 0 Å². The van der Waals surface area contributed by atoms with Gasteiger partial charge in [0.1, 0.15) is 5.56 Å². The molecular weight excluding hydrogens is 222 g/mol. The molecule has 0 aliphatic rings. The summed E-state index contributed by atoms with van der Waals surface area (Å²) < 4.78 is 6.46. The Kier molecular flexibility index (Phi) is 3.24. The van der Waals surface area contributed by atoms with Crippen LogP contribution in [0.5, 0.6) is 0 Å². The van der Waals surface area contributed by atoms with Crippen molar-refractivity contribution < 1.29 is 14.6 Å². The summed E-state index contributed by atoms with van der Waals surface area (Å²) in [6.07, 6.45) is 3.09. The molecule has 2 N–H and O–H groups in total. The van der Waals surface area contributed by atoms with Crippen LogP contribution in [0.2, 0.25) is 0 Å². The molecule has 17 heavy (non-hydrogen) atoms. The Balaban J connectivity index is 2.23. The fraction of sp³-hybridized carbons (Fsp3) is 0.273. The summed E-state index contributed by atoms with van der Waals surface area (Å²) in [5.41, 5.74) is 1.65. The lowest BCUT2D eigenvalue weighted by Crippen LogP contribution is -2.08. The molecule has 0 bridgehead atoms. The topological polar surface area (TPSA) is 75.9 Å². The Hall–Kier alpha value is -2.08. The number of methoxy groups -OCH3 is 1. The number of carboxylic acids is 1. The van der Waals surface area contributed by atoms with Crippen molar-refractivity contribution in [1.29, 1.82) is 0 Å². The van der Waals surface area contributed by atoms with Gasteiger partial charge in [0.2, 0.25) is 0 Å². The maximum Gasteiger partial charge on any atom is 0.339 e. The molecule has 2 aromatic rings. The Morgan fingerprint density at radius 2 is 2.41 bits per heavy atom. The molecule has 0 unspecified atom stereocenters. The van der Waals surface area contributed by atoms with Crippen molar-refractivity contribution in [3.8, 4) is 0 Å². The van der Waals surface area contributed by atoms with Crippen molar-refractivity contribution >= 4 is 17.2 Å². The lowest BCUT2D eigenvalue weighted by atomic mass is 10.2. The van der Waals surface area contributed by atoms with E-state index in [1.54, 1.807) is 23.9 Å². The maximum absolute atomic E-state index is 10.9. The molecule has 0 atom stereocenters. The number of hydrogen-bond donors (Lipinski definition) is 2. The third kappa shape index (κ3) is 2.36. The number of aromatic nitrogens is 2. The van der Waals surface area contributed by atoms with E-state index in [9.17, 15) is 4.79 Å². The minimum Gasteiger partial charge on any atom is -0.478 e. The van der Waals surface area contributed by atoms with E-state index in [1.165, 1.54) is 6.20 Å². The van der Waals surface area contributed by atoms with Crippen molar-refractivity contribution in [3.63, 3.8) is 0 Å². The molecule has 2 heterocycles. The van der Waals surface area contributed by atoms with Crippen LogP contribution in [0.15, 0.2) is 24.5 Å². The molecule has 0 saturated heterocycles. The predicted molar refractivity (Wildman–Crippen MR) is 62.5 cm³/mol. The average Bonchev–Trinajstić information content (AvgIpc) is 2.72. The van der Waals surface area contributed by atoms with Gasteiger partial charge in [-0.2, -0.15) is 5.10 Å². The minimum atomic E-state index is -0.972. The molecule has 0 radical (unpaired) electrons. The number of ether oxygens (including phenoxy) is 1. The number of fused-ring (bicyclic) bond motifs is 1. The highest BCUT2D eigenvalue weighted by atomic mass is 16.5. The normalized spacial score (nSPS) is 10.6. The van der Waals surface area contributed by atoms with Gasteiger partial charge in [-0.3, -0.25) is 0 Å². The van der Waals surface area contributed by atoms with Crippen LogP contribution in [0.1, 0.15) is 10.4 Å². The van der Waals surface area contributed by atoms with Gasteiger partial charge in [-0.25, -0.2) is 9.31 Å². The minimum absolute atomic E-state index is 0.202. The summed E-state index contributed by atoms with van der Waals surface area (Å²) in [7, 11) is 1.64. The van der Waals surface area contributed by atoms with E-state index >= 15 is 0 Å². The standard InChI is InChI=1S/C11H13N3O3/c1-17-5-4-12-8-2-3-10-9(11(15)16)6-13-14(10)7-8/h2-3,6-7,12H,4-5H2,1H3,(H,15,16). The number of hydrogen-bond acceptors (Lipinski definition) is 4. The highest BCUT2D eigenvalue weighted by Gasteiger charge is 2.10. The number of nitrogens with one attached hydrogen (secondary N) is 1.